The number of ether oxygens (including phenoxy) is 3. The van der Waals surface area contributed by atoms with Gasteiger partial charge < -0.3 is 19.5 Å². The van der Waals surface area contributed by atoms with E-state index >= 15 is 0 Å². The Morgan fingerprint density at radius 1 is 1.04 bits per heavy atom. The van der Waals surface area contributed by atoms with Gasteiger partial charge in [-0.1, -0.05) is 6.07 Å². The first kappa shape index (κ1) is 20.1. The van der Waals surface area contributed by atoms with Gasteiger partial charge in [0, 0.05) is 49.0 Å². The summed E-state index contributed by atoms with van der Waals surface area (Å²) < 4.78 is 15.8. The molecule has 1 N–H and O–H groups in total. The van der Waals surface area contributed by atoms with Crippen molar-refractivity contribution in [2.24, 2.45) is 0 Å². The van der Waals surface area contributed by atoms with Crippen LogP contribution in [0.2, 0.25) is 0 Å². The van der Waals surface area contributed by atoms with Gasteiger partial charge in [0.15, 0.2) is 0 Å². The molecule has 0 spiro atoms. The molecule has 0 aliphatic heterocycles. The molecule has 0 aromatic heterocycles. The number of methoxy groups -OCH3 is 2. The quantitative estimate of drug-likeness (QED) is 0.470. The van der Waals surface area contributed by atoms with Gasteiger partial charge in [-0.25, -0.2) is 0 Å². The topological polar surface area (TPSA) is 56.8 Å². The Morgan fingerprint density at radius 2 is 1.85 bits per heavy atom. The van der Waals surface area contributed by atoms with Crippen LogP contribution in [0.25, 0.3) is 0 Å². The van der Waals surface area contributed by atoms with E-state index in [1.165, 1.54) is 0 Å². The SMILES string of the molecule is COCCCOc1cccc(NC(=O)CCSc2ccc(OC)cc2)c1. The molecule has 0 aliphatic rings. The smallest absolute Gasteiger partial charge is 0.225 e. The third kappa shape index (κ3) is 7.37. The molecule has 1 amide bonds. The monoisotopic (exact) mass is 375 g/mol. The van der Waals surface area contributed by atoms with Crippen molar-refractivity contribution in [2.45, 2.75) is 17.7 Å². The number of anilines is 1. The van der Waals surface area contributed by atoms with Crippen molar-refractivity contribution >= 4 is 23.4 Å². The fourth-order valence-corrected chi connectivity index (χ4v) is 3.07. The molecule has 6 heteroatoms. The Balaban J connectivity index is 1.72. The van der Waals surface area contributed by atoms with Crippen LogP contribution in [0, 0.1) is 0 Å². The van der Waals surface area contributed by atoms with Gasteiger partial charge in [-0.15, -0.1) is 11.8 Å². The highest BCUT2D eigenvalue weighted by Gasteiger charge is 2.05. The molecular formula is C20H25NO4S. The Hall–Kier alpha value is -2.18. The minimum atomic E-state index is -0.0115. The number of hydrogen-bond acceptors (Lipinski definition) is 5. The number of amides is 1. The predicted molar refractivity (Wildman–Crippen MR) is 105 cm³/mol. The van der Waals surface area contributed by atoms with Crippen LogP contribution >= 0.6 is 11.8 Å². The lowest BCUT2D eigenvalue weighted by molar-refractivity contribution is -0.115. The maximum Gasteiger partial charge on any atom is 0.225 e. The molecule has 0 radical (unpaired) electrons. The summed E-state index contributed by atoms with van der Waals surface area (Å²) in [7, 11) is 3.31. The van der Waals surface area contributed by atoms with E-state index in [4.69, 9.17) is 14.2 Å². The van der Waals surface area contributed by atoms with E-state index in [0.717, 1.165) is 28.5 Å². The second kappa shape index (κ2) is 11.4. The van der Waals surface area contributed by atoms with Crippen LogP contribution in [0.4, 0.5) is 5.69 Å². The van der Waals surface area contributed by atoms with Crippen molar-refractivity contribution in [2.75, 3.05) is 38.5 Å². The summed E-state index contributed by atoms with van der Waals surface area (Å²) in [6.07, 6.45) is 1.27. The fourth-order valence-electron chi connectivity index (χ4n) is 2.21. The zero-order valence-corrected chi connectivity index (χ0v) is 16.0. The third-order valence-corrected chi connectivity index (χ3v) is 4.55. The Kier molecular flexibility index (Phi) is 8.86. The molecule has 0 fully saturated rings. The second-order valence-corrected chi connectivity index (χ2v) is 6.71. The molecule has 26 heavy (non-hydrogen) atoms. The number of rotatable bonds is 11. The van der Waals surface area contributed by atoms with Crippen molar-refractivity contribution in [3.8, 4) is 11.5 Å². The zero-order valence-electron chi connectivity index (χ0n) is 15.2. The van der Waals surface area contributed by atoms with E-state index in [9.17, 15) is 4.79 Å². The van der Waals surface area contributed by atoms with Gasteiger partial charge in [-0.3, -0.25) is 4.79 Å². The number of carbonyl (C=O) groups excluding carboxylic acids is 1. The Morgan fingerprint density at radius 3 is 2.58 bits per heavy atom. The highest BCUT2D eigenvalue weighted by molar-refractivity contribution is 7.99. The standard InChI is InChI=1S/C20H25NO4S/c1-23-12-4-13-25-18-6-3-5-16(15-18)21-20(22)11-14-26-19-9-7-17(24-2)8-10-19/h3,5-10,15H,4,11-14H2,1-2H3,(H,21,22). The number of benzene rings is 2. The molecular weight excluding hydrogens is 350 g/mol. The first-order valence-electron chi connectivity index (χ1n) is 8.50. The van der Waals surface area contributed by atoms with Gasteiger partial charge in [0.1, 0.15) is 11.5 Å². The minimum absolute atomic E-state index is 0.0115. The van der Waals surface area contributed by atoms with Crippen molar-refractivity contribution in [1.29, 1.82) is 0 Å². The van der Waals surface area contributed by atoms with E-state index in [1.807, 2.05) is 48.5 Å². The van der Waals surface area contributed by atoms with Crippen LogP contribution in [-0.2, 0) is 9.53 Å². The molecule has 0 unspecified atom stereocenters. The van der Waals surface area contributed by atoms with Crippen LogP contribution in [-0.4, -0.2) is 39.1 Å². The van der Waals surface area contributed by atoms with Crippen LogP contribution in [0.15, 0.2) is 53.4 Å². The van der Waals surface area contributed by atoms with Crippen molar-refractivity contribution in [1.82, 2.24) is 0 Å². The highest BCUT2D eigenvalue weighted by Crippen LogP contribution is 2.22. The molecule has 0 saturated heterocycles. The van der Waals surface area contributed by atoms with Gasteiger partial charge in [0.2, 0.25) is 5.91 Å². The summed E-state index contributed by atoms with van der Waals surface area (Å²) in [4.78, 5) is 13.2. The molecule has 0 bridgehead atoms. The number of carbonyl (C=O) groups is 1. The first-order chi connectivity index (χ1) is 12.7. The molecule has 2 aromatic carbocycles. The number of nitrogens with one attached hydrogen (secondary N) is 1. The average molecular weight is 375 g/mol. The predicted octanol–water partition coefficient (Wildman–Crippen LogP) is 4.23. The summed E-state index contributed by atoms with van der Waals surface area (Å²) >= 11 is 1.64. The van der Waals surface area contributed by atoms with Crippen LogP contribution in [0.1, 0.15) is 12.8 Å². The summed E-state index contributed by atoms with van der Waals surface area (Å²) in [6, 6.07) is 15.3. The van der Waals surface area contributed by atoms with Gasteiger partial charge in [0.05, 0.1) is 13.7 Å². The Bertz CT molecular complexity index is 676. The van der Waals surface area contributed by atoms with E-state index in [2.05, 4.69) is 5.32 Å². The van der Waals surface area contributed by atoms with Crippen LogP contribution in [0.5, 0.6) is 11.5 Å². The second-order valence-electron chi connectivity index (χ2n) is 5.54. The van der Waals surface area contributed by atoms with Crippen molar-refractivity contribution in [3.05, 3.63) is 48.5 Å². The lowest BCUT2D eigenvalue weighted by atomic mass is 10.3. The van der Waals surface area contributed by atoms with E-state index in [0.29, 0.717) is 25.4 Å². The first-order valence-corrected chi connectivity index (χ1v) is 9.48. The molecule has 2 rings (SSSR count). The summed E-state index contributed by atoms with van der Waals surface area (Å²) in [5.41, 5.74) is 0.744. The lowest BCUT2D eigenvalue weighted by Crippen LogP contribution is -2.12. The number of hydrogen-bond donors (Lipinski definition) is 1. The average Bonchev–Trinajstić information content (AvgIpc) is 2.66. The Labute approximate surface area is 159 Å². The summed E-state index contributed by atoms with van der Waals surface area (Å²) in [5.74, 6) is 2.27. The zero-order chi connectivity index (χ0) is 18.6. The number of thioether (sulfide) groups is 1. The fraction of sp³-hybridized carbons (Fsp3) is 0.350. The summed E-state index contributed by atoms with van der Waals surface area (Å²) in [6.45, 7) is 1.26. The molecule has 0 aliphatic carbocycles. The third-order valence-electron chi connectivity index (χ3n) is 3.54. The minimum Gasteiger partial charge on any atom is -0.497 e. The molecule has 0 heterocycles. The van der Waals surface area contributed by atoms with E-state index in [-0.39, 0.29) is 5.91 Å². The van der Waals surface area contributed by atoms with Crippen molar-refractivity contribution < 1.29 is 19.0 Å². The summed E-state index contributed by atoms with van der Waals surface area (Å²) in [5, 5.41) is 2.91. The van der Waals surface area contributed by atoms with Crippen molar-refractivity contribution in [3.63, 3.8) is 0 Å². The normalized spacial score (nSPS) is 10.4. The molecule has 140 valence electrons. The van der Waals surface area contributed by atoms with Gasteiger partial charge in [0.25, 0.3) is 0 Å². The maximum absolute atomic E-state index is 12.1. The van der Waals surface area contributed by atoms with Crippen LogP contribution in [0.3, 0.4) is 0 Å². The lowest BCUT2D eigenvalue weighted by Gasteiger charge is -2.09. The molecule has 0 atom stereocenters. The highest BCUT2D eigenvalue weighted by atomic mass is 32.2. The maximum atomic E-state index is 12.1. The van der Waals surface area contributed by atoms with E-state index in [1.54, 1.807) is 26.0 Å². The molecule has 5 nitrogen and oxygen atoms in total. The largest absolute Gasteiger partial charge is 0.497 e. The van der Waals surface area contributed by atoms with E-state index < -0.39 is 0 Å². The van der Waals surface area contributed by atoms with Gasteiger partial charge >= 0.3 is 0 Å². The van der Waals surface area contributed by atoms with Gasteiger partial charge in [-0.2, -0.15) is 0 Å². The van der Waals surface area contributed by atoms with Gasteiger partial charge in [-0.05, 0) is 36.4 Å². The molecule has 0 saturated carbocycles. The van der Waals surface area contributed by atoms with Crippen LogP contribution < -0.4 is 14.8 Å². The molecule has 2 aromatic rings.